The highest BCUT2D eigenvalue weighted by atomic mass is 32.2. The zero-order valence-corrected chi connectivity index (χ0v) is 21.0. The van der Waals surface area contributed by atoms with Crippen LogP contribution in [-0.2, 0) is 10.2 Å². The average molecular weight is 512 g/mol. The Labute approximate surface area is 210 Å². The number of benzene rings is 3. The molecule has 1 aliphatic heterocycles. The number of para-hydroxylation sites is 1. The number of aliphatic hydroxyl groups is 1. The number of anilines is 1. The van der Waals surface area contributed by atoms with E-state index < -0.39 is 16.3 Å². The Kier molecular flexibility index (Phi) is 6.76. The molecule has 2 N–H and O–H groups in total. The van der Waals surface area contributed by atoms with E-state index in [2.05, 4.69) is 5.32 Å². The second-order valence-corrected chi connectivity index (χ2v) is 10.8. The molecule has 36 heavy (non-hydrogen) atoms. The van der Waals surface area contributed by atoms with Crippen molar-refractivity contribution in [2.24, 2.45) is 0 Å². The molecule has 190 valence electrons. The molecule has 0 radical (unpaired) electrons. The van der Waals surface area contributed by atoms with Crippen LogP contribution in [0.3, 0.4) is 0 Å². The molecule has 0 fully saturated rings. The van der Waals surface area contributed by atoms with Gasteiger partial charge in [0.1, 0.15) is 35.9 Å². The van der Waals surface area contributed by atoms with Crippen LogP contribution in [0.15, 0.2) is 65.1 Å². The first-order valence-electron chi connectivity index (χ1n) is 11.7. The van der Waals surface area contributed by atoms with E-state index in [1.54, 1.807) is 18.2 Å². The SMILES string of the molecule is CN(C)S(=O)(=O)N1CCOc2ccc(C(O)CNCCOc3ccc4c(c3)oc3ccccc34)cc21. The van der Waals surface area contributed by atoms with E-state index in [1.807, 2.05) is 42.5 Å². The number of rotatable bonds is 9. The molecule has 1 aromatic heterocycles. The highest BCUT2D eigenvalue weighted by Crippen LogP contribution is 2.36. The normalized spacial score (nSPS) is 14.7. The second kappa shape index (κ2) is 9.98. The molecule has 1 aliphatic rings. The van der Waals surface area contributed by atoms with Crippen molar-refractivity contribution in [3.8, 4) is 11.5 Å². The van der Waals surface area contributed by atoms with E-state index in [0.29, 0.717) is 35.9 Å². The molecule has 0 bridgehead atoms. The fraction of sp³-hybridized carbons (Fsp3) is 0.308. The minimum atomic E-state index is -3.66. The molecule has 0 amide bonds. The first-order chi connectivity index (χ1) is 17.3. The first kappa shape index (κ1) is 24.4. The van der Waals surface area contributed by atoms with Gasteiger partial charge in [0.05, 0.1) is 18.3 Å². The largest absolute Gasteiger partial charge is 0.492 e. The van der Waals surface area contributed by atoms with Gasteiger partial charge in [-0.2, -0.15) is 12.7 Å². The van der Waals surface area contributed by atoms with Gasteiger partial charge in [0, 0.05) is 44.0 Å². The third-order valence-corrected chi connectivity index (χ3v) is 8.02. The number of ether oxygens (including phenoxy) is 2. The predicted octanol–water partition coefficient (Wildman–Crippen LogP) is 3.29. The van der Waals surface area contributed by atoms with Gasteiger partial charge in [-0.15, -0.1) is 0 Å². The number of hydrogen-bond acceptors (Lipinski definition) is 7. The molecule has 0 spiro atoms. The lowest BCUT2D eigenvalue weighted by atomic mass is 10.1. The Morgan fingerprint density at radius 3 is 2.72 bits per heavy atom. The van der Waals surface area contributed by atoms with Crippen LogP contribution < -0.4 is 19.1 Å². The summed E-state index contributed by atoms with van der Waals surface area (Å²) in [5, 5.41) is 16.0. The highest BCUT2D eigenvalue weighted by molar-refractivity contribution is 7.90. The molecule has 10 heteroatoms. The molecular weight excluding hydrogens is 482 g/mol. The van der Waals surface area contributed by atoms with Crippen LogP contribution >= 0.6 is 0 Å². The molecule has 1 atom stereocenters. The Hall–Kier alpha value is -3.31. The van der Waals surface area contributed by atoms with Crippen molar-refractivity contribution in [2.75, 3.05) is 51.2 Å². The van der Waals surface area contributed by atoms with Crippen LogP contribution in [-0.4, -0.2) is 64.8 Å². The molecule has 0 saturated carbocycles. The first-order valence-corrected chi connectivity index (χ1v) is 13.1. The third-order valence-electron chi connectivity index (χ3n) is 6.16. The maximum absolute atomic E-state index is 12.7. The molecule has 5 rings (SSSR count). The molecular formula is C26H29N3O6S. The smallest absolute Gasteiger partial charge is 0.303 e. The molecule has 4 aromatic rings. The Morgan fingerprint density at radius 1 is 1.08 bits per heavy atom. The fourth-order valence-corrected chi connectivity index (χ4v) is 5.34. The monoisotopic (exact) mass is 511 g/mol. The van der Waals surface area contributed by atoms with E-state index in [4.69, 9.17) is 13.9 Å². The van der Waals surface area contributed by atoms with Gasteiger partial charge in [-0.05, 0) is 35.9 Å². The average Bonchev–Trinajstić information content (AvgIpc) is 3.25. The number of nitrogens with one attached hydrogen (secondary N) is 1. The number of aliphatic hydroxyl groups excluding tert-OH is 1. The van der Waals surface area contributed by atoms with E-state index in [0.717, 1.165) is 21.9 Å². The van der Waals surface area contributed by atoms with Gasteiger partial charge in [-0.1, -0.05) is 24.3 Å². The van der Waals surface area contributed by atoms with Gasteiger partial charge in [0.2, 0.25) is 0 Å². The summed E-state index contributed by atoms with van der Waals surface area (Å²) in [5.74, 6) is 1.19. The van der Waals surface area contributed by atoms with Gasteiger partial charge < -0.3 is 24.3 Å². The van der Waals surface area contributed by atoms with Crippen molar-refractivity contribution in [3.05, 3.63) is 66.2 Å². The molecule has 3 aromatic carbocycles. The summed E-state index contributed by atoms with van der Waals surface area (Å²) in [6.45, 7) is 1.69. The van der Waals surface area contributed by atoms with Gasteiger partial charge in [0.25, 0.3) is 0 Å². The van der Waals surface area contributed by atoms with E-state index >= 15 is 0 Å². The molecule has 0 saturated heterocycles. The van der Waals surface area contributed by atoms with Crippen molar-refractivity contribution in [3.63, 3.8) is 0 Å². The summed E-state index contributed by atoms with van der Waals surface area (Å²) in [6, 6.07) is 18.8. The van der Waals surface area contributed by atoms with Gasteiger partial charge in [-0.3, -0.25) is 4.31 Å². The number of fused-ring (bicyclic) bond motifs is 4. The lowest BCUT2D eigenvalue weighted by Crippen LogP contribution is -2.44. The highest BCUT2D eigenvalue weighted by Gasteiger charge is 2.31. The summed E-state index contributed by atoms with van der Waals surface area (Å²) in [6.07, 6.45) is -0.826. The lowest BCUT2D eigenvalue weighted by Gasteiger charge is -2.32. The topological polar surface area (TPSA) is 104 Å². The summed E-state index contributed by atoms with van der Waals surface area (Å²) >= 11 is 0. The van der Waals surface area contributed by atoms with Crippen molar-refractivity contribution in [1.29, 1.82) is 0 Å². The van der Waals surface area contributed by atoms with Crippen molar-refractivity contribution in [2.45, 2.75) is 6.10 Å². The standard InChI is InChI=1S/C26H29N3O6S/c1-28(2)36(31,32)29-12-14-34-25-10-7-18(15-22(25)29)23(30)17-27-11-13-33-19-8-9-21-20-5-3-4-6-24(20)35-26(21)16-19/h3-10,15-16,23,27,30H,11-14,17H2,1-2H3. The number of hydrogen-bond donors (Lipinski definition) is 2. The summed E-state index contributed by atoms with van der Waals surface area (Å²) in [7, 11) is -0.682. The molecule has 0 aliphatic carbocycles. The zero-order valence-electron chi connectivity index (χ0n) is 20.2. The van der Waals surface area contributed by atoms with E-state index in [-0.39, 0.29) is 19.7 Å². The van der Waals surface area contributed by atoms with Gasteiger partial charge in [-0.25, -0.2) is 0 Å². The quantitative estimate of drug-likeness (QED) is 0.332. The minimum absolute atomic E-state index is 0.211. The lowest BCUT2D eigenvalue weighted by molar-refractivity contribution is 0.172. The van der Waals surface area contributed by atoms with Gasteiger partial charge in [0.15, 0.2) is 0 Å². The zero-order chi connectivity index (χ0) is 25.3. The molecule has 1 unspecified atom stereocenters. The fourth-order valence-electron chi connectivity index (χ4n) is 4.25. The minimum Gasteiger partial charge on any atom is -0.492 e. The van der Waals surface area contributed by atoms with Crippen LogP contribution in [0.1, 0.15) is 11.7 Å². The number of nitrogens with zero attached hydrogens (tertiary/aromatic N) is 2. The maximum Gasteiger partial charge on any atom is 0.303 e. The number of furan rings is 1. The summed E-state index contributed by atoms with van der Waals surface area (Å²) in [4.78, 5) is 0. The summed E-state index contributed by atoms with van der Waals surface area (Å²) in [5.41, 5.74) is 2.65. The Balaban J connectivity index is 1.17. The van der Waals surface area contributed by atoms with E-state index in [9.17, 15) is 13.5 Å². The van der Waals surface area contributed by atoms with Gasteiger partial charge >= 0.3 is 10.2 Å². The third kappa shape index (κ3) is 4.72. The maximum atomic E-state index is 12.7. The van der Waals surface area contributed by atoms with Crippen molar-refractivity contribution >= 4 is 37.8 Å². The molecule has 2 heterocycles. The predicted molar refractivity (Wildman–Crippen MR) is 139 cm³/mol. The van der Waals surface area contributed by atoms with Crippen LogP contribution in [0.25, 0.3) is 21.9 Å². The Morgan fingerprint density at radius 2 is 1.89 bits per heavy atom. The van der Waals surface area contributed by atoms with Crippen LogP contribution in [0, 0.1) is 0 Å². The Bertz CT molecular complexity index is 1480. The van der Waals surface area contributed by atoms with Crippen LogP contribution in [0.5, 0.6) is 11.5 Å². The van der Waals surface area contributed by atoms with Crippen molar-refractivity contribution < 1.29 is 27.4 Å². The van der Waals surface area contributed by atoms with E-state index in [1.165, 1.54) is 22.7 Å². The summed E-state index contributed by atoms with van der Waals surface area (Å²) < 4.78 is 45.3. The van der Waals surface area contributed by atoms with Crippen molar-refractivity contribution in [1.82, 2.24) is 9.62 Å². The van der Waals surface area contributed by atoms with Crippen LogP contribution in [0.4, 0.5) is 5.69 Å². The van der Waals surface area contributed by atoms with Crippen LogP contribution in [0.2, 0.25) is 0 Å². The molecule has 9 nitrogen and oxygen atoms in total. The second-order valence-electron chi connectivity index (χ2n) is 8.76.